The van der Waals surface area contributed by atoms with Gasteiger partial charge in [-0.05, 0) is 29.8 Å². The number of methoxy groups -OCH3 is 2. The van der Waals surface area contributed by atoms with E-state index in [-0.39, 0.29) is 23.6 Å². The first-order chi connectivity index (χ1) is 15.7. The summed E-state index contributed by atoms with van der Waals surface area (Å²) in [5.74, 6) is -3.29. The van der Waals surface area contributed by atoms with E-state index in [4.69, 9.17) is 9.47 Å². The fourth-order valence-electron chi connectivity index (χ4n) is 3.12. The number of nitro benzene ring substituents is 1. The largest absolute Gasteiger partial charge is 0.469 e. The number of rotatable bonds is 9. The number of amides is 2. The standard InChI is InChI=1S/C22H23N3O8/c1-13(26)23-16-8-4-15(5-9-16)21(28)24-20(22(29)33-3)18(12-19(27)32-2)14-6-10-17(11-7-14)25(30)31/h4-11,18,20H,12H2,1-3H3,(H,23,26)(H,24,28)/t18-,20+/m1/s1. The van der Waals surface area contributed by atoms with E-state index in [2.05, 4.69) is 10.6 Å². The van der Waals surface area contributed by atoms with Crippen molar-refractivity contribution in [2.75, 3.05) is 19.5 Å². The smallest absolute Gasteiger partial charge is 0.329 e. The van der Waals surface area contributed by atoms with E-state index >= 15 is 0 Å². The molecule has 0 aliphatic heterocycles. The molecule has 0 aliphatic carbocycles. The van der Waals surface area contributed by atoms with Crippen LogP contribution in [-0.4, -0.2) is 48.9 Å². The number of carbonyl (C=O) groups excluding carboxylic acids is 4. The minimum absolute atomic E-state index is 0.173. The van der Waals surface area contributed by atoms with Gasteiger partial charge < -0.3 is 20.1 Å². The molecule has 174 valence electrons. The summed E-state index contributed by atoms with van der Waals surface area (Å²) >= 11 is 0. The Morgan fingerprint density at radius 2 is 1.58 bits per heavy atom. The maximum absolute atomic E-state index is 12.8. The minimum atomic E-state index is -1.29. The van der Waals surface area contributed by atoms with Gasteiger partial charge in [-0.3, -0.25) is 24.5 Å². The van der Waals surface area contributed by atoms with Gasteiger partial charge in [0.05, 0.1) is 25.6 Å². The lowest BCUT2D eigenvalue weighted by atomic mass is 9.88. The third kappa shape index (κ3) is 6.86. The van der Waals surface area contributed by atoms with Gasteiger partial charge in [0.1, 0.15) is 6.04 Å². The summed E-state index contributed by atoms with van der Waals surface area (Å²) in [6, 6.07) is 9.92. The monoisotopic (exact) mass is 457 g/mol. The molecule has 0 radical (unpaired) electrons. The van der Waals surface area contributed by atoms with Crippen molar-refractivity contribution >= 4 is 35.1 Å². The Kier molecular flexibility index (Phi) is 8.61. The fraction of sp³-hybridized carbons (Fsp3) is 0.273. The van der Waals surface area contributed by atoms with Gasteiger partial charge in [-0.1, -0.05) is 12.1 Å². The Hall–Kier alpha value is -4.28. The van der Waals surface area contributed by atoms with Crippen molar-refractivity contribution in [1.82, 2.24) is 5.32 Å². The Balaban J connectivity index is 2.36. The van der Waals surface area contributed by atoms with E-state index in [0.29, 0.717) is 11.3 Å². The third-order valence-electron chi connectivity index (χ3n) is 4.76. The van der Waals surface area contributed by atoms with Crippen LogP contribution in [0.5, 0.6) is 0 Å². The molecule has 2 aromatic carbocycles. The number of non-ortho nitro benzene ring substituents is 1. The van der Waals surface area contributed by atoms with Gasteiger partial charge in [0.25, 0.3) is 11.6 Å². The van der Waals surface area contributed by atoms with Crippen molar-refractivity contribution in [1.29, 1.82) is 0 Å². The molecule has 11 nitrogen and oxygen atoms in total. The number of nitro groups is 1. The van der Waals surface area contributed by atoms with Gasteiger partial charge in [-0.25, -0.2) is 4.79 Å². The molecule has 0 saturated carbocycles. The highest BCUT2D eigenvalue weighted by Crippen LogP contribution is 2.27. The summed E-state index contributed by atoms with van der Waals surface area (Å²) in [6.45, 7) is 1.35. The van der Waals surface area contributed by atoms with Gasteiger partial charge in [-0.2, -0.15) is 0 Å². The second kappa shape index (κ2) is 11.4. The first-order valence-corrected chi connectivity index (χ1v) is 9.73. The molecule has 0 saturated heterocycles. The van der Waals surface area contributed by atoms with Crippen LogP contribution in [0.3, 0.4) is 0 Å². The highest BCUT2D eigenvalue weighted by Gasteiger charge is 2.34. The van der Waals surface area contributed by atoms with Crippen molar-refractivity contribution in [2.24, 2.45) is 0 Å². The molecular weight excluding hydrogens is 434 g/mol. The molecule has 0 spiro atoms. The highest BCUT2D eigenvalue weighted by atomic mass is 16.6. The van der Waals surface area contributed by atoms with E-state index in [0.717, 1.165) is 7.11 Å². The molecule has 0 aliphatic rings. The van der Waals surface area contributed by atoms with Gasteiger partial charge in [0.2, 0.25) is 5.91 Å². The van der Waals surface area contributed by atoms with Crippen molar-refractivity contribution in [3.63, 3.8) is 0 Å². The number of nitrogens with one attached hydrogen (secondary N) is 2. The van der Waals surface area contributed by atoms with Gasteiger partial charge >= 0.3 is 11.9 Å². The highest BCUT2D eigenvalue weighted by molar-refractivity contribution is 5.98. The SMILES string of the molecule is COC(=O)C[C@H](c1ccc([N+](=O)[O-])cc1)[C@H](NC(=O)c1ccc(NC(C)=O)cc1)C(=O)OC. The Labute approximate surface area is 189 Å². The van der Waals surface area contributed by atoms with Crippen LogP contribution < -0.4 is 10.6 Å². The fourth-order valence-corrected chi connectivity index (χ4v) is 3.12. The maximum atomic E-state index is 12.8. The summed E-state index contributed by atoms with van der Waals surface area (Å²) in [5, 5.41) is 16.1. The Morgan fingerprint density at radius 3 is 2.06 bits per heavy atom. The summed E-state index contributed by atoms with van der Waals surface area (Å²) in [6.07, 6.45) is -0.296. The molecular formula is C22H23N3O8. The molecule has 2 rings (SSSR count). The van der Waals surface area contributed by atoms with E-state index in [1.54, 1.807) is 0 Å². The molecule has 2 N–H and O–H groups in total. The molecule has 2 atom stereocenters. The molecule has 0 heterocycles. The molecule has 0 unspecified atom stereocenters. The van der Waals surface area contributed by atoms with Gasteiger partial charge in [0, 0.05) is 36.2 Å². The van der Waals surface area contributed by atoms with Crippen LogP contribution in [-0.2, 0) is 23.9 Å². The number of hydrogen-bond donors (Lipinski definition) is 2. The quantitative estimate of drug-likeness (QED) is 0.330. The van der Waals surface area contributed by atoms with Crippen molar-refractivity contribution < 1.29 is 33.6 Å². The normalized spacial score (nSPS) is 12.1. The number of benzene rings is 2. The lowest BCUT2D eigenvalue weighted by Gasteiger charge is -2.26. The summed E-state index contributed by atoms with van der Waals surface area (Å²) in [4.78, 5) is 59.0. The lowest BCUT2D eigenvalue weighted by molar-refractivity contribution is -0.384. The van der Waals surface area contributed by atoms with Crippen LogP contribution in [0.2, 0.25) is 0 Å². The van der Waals surface area contributed by atoms with Crippen LogP contribution in [0.25, 0.3) is 0 Å². The van der Waals surface area contributed by atoms with Gasteiger partial charge in [-0.15, -0.1) is 0 Å². The first-order valence-electron chi connectivity index (χ1n) is 9.73. The van der Waals surface area contributed by atoms with E-state index in [1.165, 1.54) is 62.6 Å². The second-order valence-electron chi connectivity index (χ2n) is 6.97. The maximum Gasteiger partial charge on any atom is 0.329 e. The van der Waals surface area contributed by atoms with E-state index in [9.17, 15) is 29.3 Å². The predicted molar refractivity (Wildman–Crippen MR) is 116 cm³/mol. The summed E-state index contributed by atoms with van der Waals surface area (Å²) in [7, 11) is 2.31. The molecule has 0 aromatic heterocycles. The van der Waals surface area contributed by atoms with Crippen molar-refractivity contribution in [3.8, 4) is 0 Å². The van der Waals surface area contributed by atoms with E-state index < -0.39 is 34.7 Å². The molecule has 2 amide bonds. The number of esters is 2. The number of ether oxygens (including phenoxy) is 2. The third-order valence-corrected chi connectivity index (χ3v) is 4.76. The molecule has 11 heteroatoms. The number of hydrogen-bond acceptors (Lipinski definition) is 8. The number of carbonyl (C=O) groups is 4. The Morgan fingerprint density at radius 1 is 0.970 bits per heavy atom. The summed E-state index contributed by atoms with van der Waals surface area (Å²) < 4.78 is 9.55. The average Bonchev–Trinajstić information content (AvgIpc) is 2.80. The molecule has 33 heavy (non-hydrogen) atoms. The molecule has 0 bridgehead atoms. The van der Waals surface area contributed by atoms with E-state index in [1.807, 2.05) is 0 Å². The lowest BCUT2D eigenvalue weighted by Crippen LogP contribution is -2.46. The number of anilines is 1. The first kappa shape index (κ1) is 25.0. The van der Waals surface area contributed by atoms with Gasteiger partial charge in [0.15, 0.2) is 0 Å². The van der Waals surface area contributed by atoms with Crippen molar-refractivity contribution in [3.05, 3.63) is 69.8 Å². The predicted octanol–water partition coefficient (Wildman–Crippen LogP) is 2.17. The zero-order valence-corrected chi connectivity index (χ0v) is 18.2. The topological polar surface area (TPSA) is 154 Å². The van der Waals surface area contributed by atoms with Crippen LogP contribution in [0, 0.1) is 10.1 Å². The average molecular weight is 457 g/mol. The second-order valence-corrected chi connectivity index (χ2v) is 6.97. The van der Waals surface area contributed by atoms with Crippen LogP contribution >= 0.6 is 0 Å². The molecule has 2 aromatic rings. The minimum Gasteiger partial charge on any atom is -0.469 e. The van der Waals surface area contributed by atoms with Crippen LogP contribution in [0.1, 0.15) is 35.2 Å². The molecule has 0 fully saturated rings. The van der Waals surface area contributed by atoms with Crippen molar-refractivity contribution in [2.45, 2.75) is 25.3 Å². The zero-order chi connectivity index (χ0) is 24.5. The van der Waals surface area contributed by atoms with Crippen LogP contribution in [0.15, 0.2) is 48.5 Å². The summed E-state index contributed by atoms with van der Waals surface area (Å²) in [5.41, 5.74) is 0.896. The number of nitrogens with zero attached hydrogens (tertiary/aromatic N) is 1. The van der Waals surface area contributed by atoms with Crippen LogP contribution in [0.4, 0.5) is 11.4 Å². The zero-order valence-electron chi connectivity index (χ0n) is 18.2. The Bertz CT molecular complexity index is 1030.